The van der Waals surface area contributed by atoms with E-state index in [0.717, 1.165) is 11.3 Å². The summed E-state index contributed by atoms with van der Waals surface area (Å²) in [5, 5.41) is 0.628. The van der Waals surface area contributed by atoms with E-state index < -0.39 is 0 Å². The summed E-state index contributed by atoms with van der Waals surface area (Å²) in [4.78, 5) is 4.27. The SMILES string of the molecule is CCOC(=S)Cc1cc(C)cc2nccn12. The van der Waals surface area contributed by atoms with Crippen molar-refractivity contribution in [2.45, 2.75) is 20.3 Å². The van der Waals surface area contributed by atoms with Crippen molar-refractivity contribution in [3.63, 3.8) is 0 Å². The number of imidazole rings is 1. The van der Waals surface area contributed by atoms with E-state index in [1.165, 1.54) is 5.56 Å². The molecule has 0 saturated heterocycles. The third-order valence-corrected chi connectivity index (χ3v) is 2.62. The number of aryl methyl sites for hydroxylation is 1. The third-order valence-electron chi connectivity index (χ3n) is 2.36. The highest BCUT2D eigenvalue weighted by Crippen LogP contribution is 2.11. The van der Waals surface area contributed by atoms with Gasteiger partial charge in [-0.2, -0.15) is 0 Å². The van der Waals surface area contributed by atoms with Gasteiger partial charge in [0.15, 0.2) is 5.05 Å². The Labute approximate surface area is 100 Å². The molecule has 0 aliphatic carbocycles. The van der Waals surface area contributed by atoms with Crippen LogP contribution >= 0.6 is 12.2 Å². The lowest BCUT2D eigenvalue weighted by molar-refractivity contribution is 0.329. The molecule has 0 saturated carbocycles. The Kier molecular flexibility index (Phi) is 3.19. The fourth-order valence-corrected chi connectivity index (χ4v) is 2.00. The quantitative estimate of drug-likeness (QED) is 0.763. The Morgan fingerprint density at radius 2 is 2.31 bits per heavy atom. The van der Waals surface area contributed by atoms with Crippen LogP contribution in [0.1, 0.15) is 18.2 Å². The number of thiocarbonyl (C=S) groups is 1. The fraction of sp³-hybridized carbons (Fsp3) is 0.333. The highest BCUT2D eigenvalue weighted by molar-refractivity contribution is 7.80. The molecule has 0 amide bonds. The molecule has 0 aromatic carbocycles. The summed E-state index contributed by atoms with van der Waals surface area (Å²) in [6, 6.07) is 4.16. The summed E-state index contributed by atoms with van der Waals surface area (Å²) in [6.45, 7) is 4.62. The number of hydrogen-bond donors (Lipinski definition) is 0. The van der Waals surface area contributed by atoms with Crippen LogP contribution in [0.25, 0.3) is 5.65 Å². The molecule has 0 N–H and O–H groups in total. The van der Waals surface area contributed by atoms with Crippen molar-refractivity contribution in [3.8, 4) is 0 Å². The van der Waals surface area contributed by atoms with Crippen molar-refractivity contribution in [2.75, 3.05) is 6.61 Å². The molecule has 0 radical (unpaired) electrons. The molecule has 16 heavy (non-hydrogen) atoms. The Bertz CT molecular complexity index is 519. The summed E-state index contributed by atoms with van der Waals surface area (Å²) in [7, 11) is 0. The van der Waals surface area contributed by atoms with E-state index in [1.807, 2.05) is 23.6 Å². The Morgan fingerprint density at radius 3 is 3.06 bits per heavy atom. The van der Waals surface area contributed by atoms with Crippen LogP contribution in [0.15, 0.2) is 24.5 Å². The molecule has 0 atom stereocenters. The normalized spacial score (nSPS) is 10.6. The average molecular weight is 234 g/mol. The second-order valence-corrected chi connectivity index (χ2v) is 4.12. The molecular formula is C12H14N2OS. The lowest BCUT2D eigenvalue weighted by Crippen LogP contribution is -2.08. The van der Waals surface area contributed by atoms with Gasteiger partial charge in [0.2, 0.25) is 0 Å². The number of hydrogen-bond acceptors (Lipinski definition) is 3. The Balaban J connectivity index is 2.35. The van der Waals surface area contributed by atoms with E-state index in [-0.39, 0.29) is 0 Å². The van der Waals surface area contributed by atoms with E-state index in [2.05, 4.69) is 18.0 Å². The largest absolute Gasteiger partial charge is 0.487 e. The van der Waals surface area contributed by atoms with Crippen LogP contribution in [0, 0.1) is 6.92 Å². The first kappa shape index (κ1) is 11.1. The smallest absolute Gasteiger partial charge is 0.165 e. The maximum Gasteiger partial charge on any atom is 0.165 e. The van der Waals surface area contributed by atoms with E-state index >= 15 is 0 Å². The summed E-state index contributed by atoms with van der Waals surface area (Å²) >= 11 is 5.16. The van der Waals surface area contributed by atoms with Gasteiger partial charge >= 0.3 is 0 Å². The number of ether oxygens (including phenoxy) is 1. The van der Waals surface area contributed by atoms with Gasteiger partial charge < -0.3 is 9.14 Å². The predicted octanol–water partition coefficient (Wildman–Crippen LogP) is 2.55. The Hall–Kier alpha value is -1.42. The second-order valence-electron chi connectivity index (χ2n) is 3.66. The number of rotatable bonds is 3. The zero-order valence-corrected chi connectivity index (χ0v) is 10.3. The topological polar surface area (TPSA) is 26.5 Å². The van der Waals surface area contributed by atoms with Gasteiger partial charge in [0.05, 0.1) is 13.0 Å². The summed E-state index contributed by atoms with van der Waals surface area (Å²) in [5.74, 6) is 0. The Morgan fingerprint density at radius 1 is 1.50 bits per heavy atom. The fourth-order valence-electron chi connectivity index (χ4n) is 1.74. The third kappa shape index (κ3) is 2.22. The lowest BCUT2D eigenvalue weighted by atomic mass is 10.2. The molecule has 2 rings (SSSR count). The van der Waals surface area contributed by atoms with Crippen LogP contribution in [0.3, 0.4) is 0 Å². The van der Waals surface area contributed by atoms with Gasteiger partial charge in [-0.15, -0.1) is 0 Å². The number of pyridine rings is 1. The number of fused-ring (bicyclic) bond motifs is 1. The summed E-state index contributed by atoms with van der Waals surface area (Å²) < 4.78 is 7.35. The van der Waals surface area contributed by atoms with Crippen LogP contribution in [-0.4, -0.2) is 21.0 Å². The molecule has 2 aromatic heterocycles. The molecular weight excluding hydrogens is 220 g/mol. The van der Waals surface area contributed by atoms with Crippen LogP contribution in [0.2, 0.25) is 0 Å². The molecule has 2 aromatic rings. The molecule has 0 bridgehead atoms. The van der Waals surface area contributed by atoms with Crippen LogP contribution in [-0.2, 0) is 11.2 Å². The second kappa shape index (κ2) is 4.61. The van der Waals surface area contributed by atoms with E-state index in [1.54, 1.807) is 6.20 Å². The standard InChI is InChI=1S/C12H14N2OS/c1-3-15-12(16)8-10-6-9(2)7-11-13-4-5-14(10)11/h4-7H,3,8H2,1-2H3. The zero-order chi connectivity index (χ0) is 11.5. The van der Waals surface area contributed by atoms with Gasteiger partial charge in [-0.25, -0.2) is 4.98 Å². The van der Waals surface area contributed by atoms with Gasteiger partial charge in [-0.3, -0.25) is 0 Å². The van der Waals surface area contributed by atoms with Crippen molar-refractivity contribution in [3.05, 3.63) is 35.8 Å². The van der Waals surface area contributed by atoms with Gasteiger partial charge in [0.25, 0.3) is 0 Å². The van der Waals surface area contributed by atoms with E-state index in [4.69, 9.17) is 17.0 Å². The van der Waals surface area contributed by atoms with Gasteiger partial charge in [0.1, 0.15) is 5.65 Å². The molecule has 0 aliphatic rings. The molecule has 4 heteroatoms. The number of aromatic nitrogens is 2. The van der Waals surface area contributed by atoms with Crippen molar-refractivity contribution in [2.24, 2.45) is 0 Å². The molecule has 0 fully saturated rings. The lowest BCUT2D eigenvalue weighted by Gasteiger charge is -2.08. The van der Waals surface area contributed by atoms with Crippen LogP contribution in [0.5, 0.6) is 0 Å². The van der Waals surface area contributed by atoms with Crippen molar-refractivity contribution in [1.29, 1.82) is 0 Å². The average Bonchev–Trinajstić information content (AvgIpc) is 2.65. The van der Waals surface area contributed by atoms with Crippen LogP contribution < -0.4 is 0 Å². The van der Waals surface area contributed by atoms with Gasteiger partial charge in [0, 0.05) is 18.1 Å². The van der Waals surface area contributed by atoms with Gasteiger partial charge in [-0.05, 0) is 43.8 Å². The minimum absolute atomic E-state index is 0.623. The molecule has 0 unspecified atom stereocenters. The van der Waals surface area contributed by atoms with Crippen molar-refractivity contribution < 1.29 is 4.74 Å². The first-order chi connectivity index (χ1) is 7.70. The van der Waals surface area contributed by atoms with Gasteiger partial charge in [-0.1, -0.05) is 0 Å². The highest BCUT2D eigenvalue weighted by atomic mass is 32.1. The van der Waals surface area contributed by atoms with Crippen molar-refractivity contribution >= 4 is 22.9 Å². The highest BCUT2D eigenvalue weighted by Gasteiger charge is 2.06. The molecule has 0 spiro atoms. The monoisotopic (exact) mass is 234 g/mol. The van der Waals surface area contributed by atoms with E-state index in [0.29, 0.717) is 18.1 Å². The first-order valence-electron chi connectivity index (χ1n) is 5.29. The molecule has 2 heterocycles. The maximum atomic E-state index is 5.31. The molecule has 0 aliphatic heterocycles. The summed E-state index contributed by atoms with van der Waals surface area (Å²) in [5.41, 5.74) is 3.26. The predicted molar refractivity (Wildman–Crippen MR) is 67.9 cm³/mol. The number of nitrogens with zero attached hydrogens (tertiary/aromatic N) is 2. The van der Waals surface area contributed by atoms with Crippen LogP contribution in [0.4, 0.5) is 0 Å². The summed E-state index contributed by atoms with van der Waals surface area (Å²) in [6.07, 6.45) is 4.39. The minimum Gasteiger partial charge on any atom is -0.487 e. The zero-order valence-electron chi connectivity index (χ0n) is 9.43. The first-order valence-corrected chi connectivity index (χ1v) is 5.69. The molecule has 3 nitrogen and oxygen atoms in total. The minimum atomic E-state index is 0.623. The molecule has 84 valence electrons. The van der Waals surface area contributed by atoms with E-state index in [9.17, 15) is 0 Å². The van der Waals surface area contributed by atoms with Crippen molar-refractivity contribution in [1.82, 2.24) is 9.38 Å². The maximum absolute atomic E-state index is 5.31.